The van der Waals surface area contributed by atoms with Gasteiger partial charge in [-0.1, -0.05) is 17.7 Å². The van der Waals surface area contributed by atoms with Gasteiger partial charge in [0, 0.05) is 29.1 Å². The van der Waals surface area contributed by atoms with E-state index in [4.69, 9.17) is 11.6 Å². The molecule has 0 fully saturated rings. The van der Waals surface area contributed by atoms with Crippen molar-refractivity contribution in [1.29, 1.82) is 0 Å². The van der Waals surface area contributed by atoms with Gasteiger partial charge in [0.2, 0.25) is 0 Å². The molecule has 8 nitrogen and oxygen atoms in total. The van der Waals surface area contributed by atoms with Crippen LogP contribution in [-0.4, -0.2) is 29.1 Å². The lowest BCUT2D eigenvalue weighted by atomic mass is 10.1. The number of anilines is 2. The van der Waals surface area contributed by atoms with Crippen molar-refractivity contribution < 1.29 is 13.2 Å². The first kappa shape index (κ1) is 22.8. The Labute approximate surface area is 196 Å². The van der Waals surface area contributed by atoms with E-state index in [1.807, 2.05) is 6.92 Å². The Morgan fingerprint density at radius 3 is 2.36 bits per heavy atom. The number of hydrogen-bond donors (Lipinski definition) is 2. The van der Waals surface area contributed by atoms with Gasteiger partial charge in [-0.05, 0) is 68.8 Å². The highest BCUT2D eigenvalue weighted by molar-refractivity contribution is 7.92. The third-order valence-corrected chi connectivity index (χ3v) is 6.95. The summed E-state index contributed by atoms with van der Waals surface area (Å²) in [5.74, 6) is -0.375. The number of benzene rings is 2. The Morgan fingerprint density at radius 1 is 1.00 bits per heavy atom. The number of nitrogens with zero attached hydrogens (tertiary/aromatic N) is 3. The molecule has 2 aromatic heterocycles. The second-order valence-electron chi connectivity index (χ2n) is 7.77. The highest BCUT2D eigenvalue weighted by Crippen LogP contribution is 2.26. The minimum atomic E-state index is -3.89. The molecule has 10 heteroatoms. The molecule has 2 N–H and O–H groups in total. The molecule has 0 unspecified atom stereocenters. The minimum Gasteiger partial charge on any atom is -0.322 e. The maximum Gasteiger partial charge on any atom is 0.262 e. The van der Waals surface area contributed by atoms with E-state index >= 15 is 0 Å². The molecule has 33 heavy (non-hydrogen) atoms. The molecule has 170 valence electrons. The van der Waals surface area contributed by atoms with Crippen molar-refractivity contribution in [2.24, 2.45) is 7.05 Å². The van der Waals surface area contributed by atoms with E-state index in [0.29, 0.717) is 49.9 Å². The molecular formula is C23H22ClN5O3S. The van der Waals surface area contributed by atoms with Crippen LogP contribution in [0, 0.1) is 20.8 Å². The van der Waals surface area contributed by atoms with Crippen LogP contribution in [0.15, 0.2) is 53.4 Å². The number of aromatic nitrogens is 3. The fourth-order valence-electron chi connectivity index (χ4n) is 3.64. The Kier molecular flexibility index (Phi) is 5.85. The highest BCUT2D eigenvalue weighted by atomic mass is 35.5. The van der Waals surface area contributed by atoms with Crippen LogP contribution in [-0.2, 0) is 17.1 Å². The van der Waals surface area contributed by atoms with Crippen molar-refractivity contribution in [2.45, 2.75) is 25.7 Å². The quantitative estimate of drug-likeness (QED) is 0.431. The topological polar surface area (TPSA) is 106 Å². The largest absolute Gasteiger partial charge is 0.322 e. The molecule has 0 aliphatic heterocycles. The predicted octanol–water partition coefficient (Wildman–Crippen LogP) is 4.60. The lowest BCUT2D eigenvalue weighted by molar-refractivity contribution is 0.102. The van der Waals surface area contributed by atoms with Gasteiger partial charge in [0.1, 0.15) is 0 Å². The maximum atomic E-state index is 13.2. The van der Waals surface area contributed by atoms with Crippen LogP contribution in [0.1, 0.15) is 27.3 Å². The predicted molar refractivity (Wildman–Crippen MR) is 129 cm³/mol. The summed E-state index contributed by atoms with van der Waals surface area (Å²) in [5.41, 5.74) is 3.67. The lowest BCUT2D eigenvalue weighted by Crippen LogP contribution is -2.16. The standard InChI is InChI=1S/C23H22ClN5O3S/c1-13-5-8-18(12-20(13)33(31,32)28-17-9-6-16(24)7-10-17)26-23(30)19-11-14(2)25-22-21(19)15(3)27-29(22)4/h5-12,28H,1-4H3,(H,26,30). The summed E-state index contributed by atoms with van der Waals surface area (Å²) in [5, 5.41) is 8.33. The number of pyridine rings is 1. The lowest BCUT2D eigenvalue weighted by Gasteiger charge is -2.13. The maximum absolute atomic E-state index is 13.2. The van der Waals surface area contributed by atoms with E-state index < -0.39 is 10.0 Å². The Morgan fingerprint density at radius 2 is 1.67 bits per heavy atom. The second-order valence-corrected chi connectivity index (χ2v) is 9.85. The Bertz CT molecular complexity index is 1500. The van der Waals surface area contributed by atoms with Gasteiger partial charge in [-0.3, -0.25) is 14.2 Å². The normalized spacial score (nSPS) is 11.5. The second kappa shape index (κ2) is 8.49. The number of rotatable bonds is 5. The fraction of sp³-hybridized carbons (Fsp3) is 0.174. The Hall–Kier alpha value is -3.43. The number of hydrogen-bond acceptors (Lipinski definition) is 5. The average molecular weight is 484 g/mol. The summed E-state index contributed by atoms with van der Waals surface area (Å²) >= 11 is 5.88. The van der Waals surface area contributed by atoms with Gasteiger partial charge in [-0.15, -0.1) is 0 Å². The smallest absolute Gasteiger partial charge is 0.262 e. The summed E-state index contributed by atoms with van der Waals surface area (Å²) in [6, 6.07) is 12.8. The summed E-state index contributed by atoms with van der Waals surface area (Å²) in [7, 11) is -2.12. The van der Waals surface area contributed by atoms with Crippen LogP contribution in [0.5, 0.6) is 0 Å². The number of carbonyl (C=O) groups excluding carboxylic acids is 1. The Balaban J connectivity index is 1.67. The van der Waals surface area contributed by atoms with Gasteiger partial charge < -0.3 is 5.32 Å². The van der Waals surface area contributed by atoms with Crippen molar-refractivity contribution in [3.63, 3.8) is 0 Å². The zero-order valence-electron chi connectivity index (χ0n) is 18.5. The van der Waals surface area contributed by atoms with E-state index in [1.165, 1.54) is 6.07 Å². The molecule has 4 rings (SSSR count). The highest BCUT2D eigenvalue weighted by Gasteiger charge is 2.21. The van der Waals surface area contributed by atoms with Crippen molar-refractivity contribution >= 4 is 49.9 Å². The number of amides is 1. The van der Waals surface area contributed by atoms with Crippen LogP contribution in [0.2, 0.25) is 5.02 Å². The zero-order valence-corrected chi connectivity index (χ0v) is 20.0. The molecule has 0 bridgehead atoms. The van der Waals surface area contributed by atoms with Crippen molar-refractivity contribution in [3.05, 3.63) is 76.1 Å². The van der Waals surface area contributed by atoms with Crippen molar-refractivity contribution in [1.82, 2.24) is 14.8 Å². The zero-order chi connectivity index (χ0) is 23.9. The van der Waals surface area contributed by atoms with Gasteiger partial charge >= 0.3 is 0 Å². The van der Waals surface area contributed by atoms with Crippen LogP contribution >= 0.6 is 11.6 Å². The molecule has 0 saturated heterocycles. The summed E-state index contributed by atoms with van der Waals surface area (Å²) in [4.78, 5) is 17.7. The summed E-state index contributed by atoms with van der Waals surface area (Å²) in [6.45, 7) is 5.31. The van der Waals surface area contributed by atoms with Gasteiger partial charge in [-0.2, -0.15) is 5.10 Å². The van der Waals surface area contributed by atoms with E-state index in [1.54, 1.807) is 68.0 Å². The van der Waals surface area contributed by atoms with E-state index in [2.05, 4.69) is 20.1 Å². The number of aryl methyl sites for hydroxylation is 4. The number of carbonyl (C=O) groups is 1. The molecular weight excluding hydrogens is 462 g/mol. The number of fused-ring (bicyclic) bond motifs is 1. The van der Waals surface area contributed by atoms with Gasteiger partial charge in [0.25, 0.3) is 15.9 Å². The molecule has 0 radical (unpaired) electrons. The van der Waals surface area contributed by atoms with E-state index in [-0.39, 0.29) is 10.8 Å². The van der Waals surface area contributed by atoms with Crippen molar-refractivity contribution in [2.75, 3.05) is 10.0 Å². The number of nitrogens with one attached hydrogen (secondary N) is 2. The fourth-order valence-corrected chi connectivity index (χ4v) is 5.10. The molecule has 1 amide bonds. The first-order chi connectivity index (χ1) is 15.5. The number of halogens is 1. The molecule has 0 spiro atoms. The SMILES string of the molecule is Cc1cc(C(=O)Nc2ccc(C)c(S(=O)(=O)Nc3ccc(Cl)cc3)c2)c2c(C)nn(C)c2n1. The van der Waals surface area contributed by atoms with Crippen LogP contribution in [0.3, 0.4) is 0 Å². The van der Waals surface area contributed by atoms with Crippen LogP contribution < -0.4 is 10.0 Å². The monoisotopic (exact) mass is 483 g/mol. The first-order valence-electron chi connectivity index (χ1n) is 10.1. The number of sulfonamides is 1. The first-order valence-corrected chi connectivity index (χ1v) is 11.9. The summed E-state index contributed by atoms with van der Waals surface area (Å²) in [6.07, 6.45) is 0. The molecule has 0 saturated carbocycles. The van der Waals surface area contributed by atoms with Gasteiger partial charge in [0.05, 0.1) is 21.5 Å². The third-order valence-electron chi connectivity index (χ3n) is 5.17. The third kappa shape index (κ3) is 4.55. The van der Waals surface area contributed by atoms with Crippen molar-refractivity contribution in [3.8, 4) is 0 Å². The molecule has 2 aromatic carbocycles. The van der Waals surface area contributed by atoms with E-state index in [0.717, 1.165) is 0 Å². The molecule has 0 aliphatic carbocycles. The molecule has 0 aliphatic rings. The van der Waals surface area contributed by atoms with Crippen LogP contribution in [0.25, 0.3) is 11.0 Å². The minimum absolute atomic E-state index is 0.0591. The van der Waals surface area contributed by atoms with Gasteiger partial charge in [-0.25, -0.2) is 13.4 Å². The van der Waals surface area contributed by atoms with Gasteiger partial charge in [0.15, 0.2) is 5.65 Å². The molecule has 4 aromatic rings. The summed E-state index contributed by atoms with van der Waals surface area (Å²) < 4.78 is 30.2. The molecule has 2 heterocycles. The molecule has 0 atom stereocenters. The van der Waals surface area contributed by atoms with Crippen LogP contribution in [0.4, 0.5) is 11.4 Å². The average Bonchev–Trinajstić information content (AvgIpc) is 3.03. The van der Waals surface area contributed by atoms with E-state index in [9.17, 15) is 13.2 Å².